The fraction of sp³-hybridized carbons (Fsp3) is 0.143. The maximum Gasteiger partial charge on any atom is 0.146 e. The average molecular weight is 309 g/mol. The van der Waals surface area contributed by atoms with Crippen LogP contribution in [0.3, 0.4) is 0 Å². The molecule has 2 aromatic carbocycles. The number of thioether (sulfide) groups is 1. The van der Waals surface area contributed by atoms with Crippen molar-refractivity contribution in [2.75, 3.05) is 7.11 Å². The molecule has 0 N–H and O–H groups in total. The Balaban J connectivity index is 2.12. The zero-order valence-electron chi connectivity index (χ0n) is 9.52. The van der Waals surface area contributed by atoms with Gasteiger partial charge in [0, 0.05) is 5.75 Å². The van der Waals surface area contributed by atoms with Gasteiger partial charge >= 0.3 is 0 Å². The molecular formula is C14H13BrOS. The van der Waals surface area contributed by atoms with Gasteiger partial charge in [0.1, 0.15) is 5.75 Å². The van der Waals surface area contributed by atoms with Crippen LogP contribution in [0.25, 0.3) is 0 Å². The first-order chi connectivity index (χ1) is 8.31. The maximum absolute atomic E-state index is 5.40. The van der Waals surface area contributed by atoms with E-state index in [0.29, 0.717) is 0 Å². The molecule has 0 saturated carbocycles. The molecule has 0 amide bonds. The Morgan fingerprint density at radius 2 is 1.82 bits per heavy atom. The molecule has 2 aromatic rings. The second-order valence-corrected chi connectivity index (χ2v) is 5.42. The Morgan fingerprint density at radius 1 is 1.06 bits per heavy atom. The molecule has 0 atom stereocenters. The zero-order chi connectivity index (χ0) is 12.1. The van der Waals surface area contributed by atoms with Crippen molar-refractivity contribution >= 4 is 27.7 Å². The third-order valence-corrected chi connectivity index (χ3v) is 4.11. The van der Waals surface area contributed by atoms with E-state index in [0.717, 1.165) is 20.9 Å². The molecule has 0 unspecified atom stereocenters. The Bertz CT molecular complexity index is 485. The number of hydrogen-bond donors (Lipinski definition) is 0. The lowest BCUT2D eigenvalue weighted by Gasteiger charge is -2.09. The van der Waals surface area contributed by atoms with Crippen LogP contribution >= 0.6 is 27.7 Å². The molecule has 2 rings (SSSR count). The summed E-state index contributed by atoms with van der Waals surface area (Å²) in [6.07, 6.45) is 0. The summed E-state index contributed by atoms with van der Waals surface area (Å²) in [5, 5.41) is 0. The van der Waals surface area contributed by atoms with Gasteiger partial charge in [0.05, 0.1) is 16.5 Å². The van der Waals surface area contributed by atoms with Gasteiger partial charge in [0.25, 0.3) is 0 Å². The summed E-state index contributed by atoms with van der Waals surface area (Å²) >= 11 is 5.28. The lowest BCUT2D eigenvalue weighted by molar-refractivity contribution is 0.402. The van der Waals surface area contributed by atoms with Crippen molar-refractivity contribution in [3.8, 4) is 5.75 Å². The molecule has 88 valence electrons. The van der Waals surface area contributed by atoms with Crippen LogP contribution in [0.2, 0.25) is 0 Å². The molecule has 0 aliphatic carbocycles. The van der Waals surface area contributed by atoms with Crippen LogP contribution in [0, 0.1) is 0 Å². The highest BCUT2D eigenvalue weighted by Gasteiger charge is 2.07. The standard InChI is InChI=1S/C14H13BrOS/c1-16-14-12(15)8-5-9-13(14)17-10-11-6-3-2-4-7-11/h2-9H,10H2,1H3. The molecule has 0 aliphatic heterocycles. The van der Waals surface area contributed by atoms with Crippen molar-refractivity contribution < 1.29 is 4.74 Å². The van der Waals surface area contributed by atoms with Gasteiger partial charge in [0.15, 0.2) is 0 Å². The van der Waals surface area contributed by atoms with Crippen molar-refractivity contribution in [1.29, 1.82) is 0 Å². The van der Waals surface area contributed by atoms with Crippen LogP contribution < -0.4 is 4.74 Å². The average Bonchev–Trinajstić information content (AvgIpc) is 2.37. The molecule has 0 bridgehead atoms. The van der Waals surface area contributed by atoms with E-state index in [9.17, 15) is 0 Å². The first-order valence-electron chi connectivity index (χ1n) is 5.30. The van der Waals surface area contributed by atoms with E-state index >= 15 is 0 Å². The van der Waals surface area contributed by atoms with E-state index in [-0.39, 0.29) is 0 Å². The summed E-state index contributed by atoms with van der Waals surface area (Å²) in [5.74, 6) is 1.86. The minimum atomic E-state index is 0.911. The predicted octanol–water partition coefficient (Wildman–Crippen LogP) is 4.75. The number of para-hydroxylation sites is 1. The third kappa shape index (κ3) is 3.27. The van der Waals surface area contributed by atoms with Crippen molar-refractivity contribution in [3.05, 3.63) is 58.6 Å². The minimum absolute atomic E-state index is 0.911. The molecule has 17 heavy (non-hydrogen) atoms. The summed E-state index contributed by atoms with van der Waals surface area (Å²) < 4.78 is 6.40. The Hall–Kier alpha value is -0.930. The monoisotopic (exact) mass is 308 g/mol. The zero-order valence-corrected chi connectivity index (χ0v) is 11.9. The normalized spacial score (nSPS) is 10.2. The van der Waals surface area contributed by atoms with Gasteiger partial charge in [-0.25, -0.2) is 0 Å². The lowest BCUT2D eigenvalue weighted by atomic mass is 10.2. The highest BCUT2D eigenvalue weighted by molar-refractivity contribution is 9.10. The molecule has 0 aliphatic rings. The molecular weight excluding hydrogens is 296 g/mol. The lowest BCUT2D eigenvalue weighted by Crippen LogP contribution is -1.88. The van der Waals surface area contributed by atoms with Gasteiger partial charge in [-0.05, 0) is 33.6 Å². The first-order valence-corrected chi connectivity index (χ1v) is 7.08. The fourth-order valence-electron chi connectivity index (χ4n) is 1.54. The number of benzene rings is 2. The van der Waals surface area contributed by atoms with Gasteiger partial charge in [-0.2, -0.15) is 0 Å². The summed E-state index contributed by atoms with van der Waals surface area (Å²) in [5.41, 5.74) is 1.32. The van der Waals surface area contributed by atoms with Gasteiger partial charge in [-0.3, -0.25) is 0 Å². The summed E-state index contributed by atoms with van der Waals surface area (Å²) in [4.78, 5) is 1.16. The van der Waals surface area contributed by atoms with Crippen LogP contribution in [0.5, 0.6) is 5.75 Å². The van der Waals surface area contributed by atoms with Crippen molar-refractivity contribution in [2.24, 2.45) is 0 Å². The minimum Gasteiger partial charge on any atom is -0.494 e. The van der Waals surface area contributed by atoms with Crippen molar-refractivity contribution in [2.45, 2.75) is 10.6 Å². The van der Waals surface area contributed by atoms with Crippen LogP contribution in [-0.2, 0) is 5.75 Å². The van der Waals surface area contributed by atoms with E-state index in [1.165, 1.54) is 5.56 Å². The van der Waals surface area contributed by atoms with Crippen molar-refractivity contribution in [3.63, 3.8) is 0 Å². The van der Waals surface area contributed by atoms with E-state index in [1.807, 2.05) is 18.2 Å². The Morgan fingerprint density at radius 3 is 2.53 bits per heavy atom. The fourth-order valence-corrected chi connectivity index (χ4v) is 3.21. The number of ether oxygens (including phenoxy) is 1. The number of halogens is 1. The van der Waals surface area contributed by atoms with Gasteiger partial charge in [-0.15, -0.1) is 11.8 Å². The highest BCUT2D eigenvalue weighted by Crippen LogP contribution is 2.36. The van der Waals surface area contributed by atoms with E-state index in [1.54, 1.807) is 18.9 Å². The van der Waals surface area contributed by atoms with Gasteiger partial charge in [-0.1, -0.05) is 36.4 Å². The van der Waals surface area contributed by atoms with E-state index in [2.05, 4.69) is 46.3 Å². The summed E-state index contributed by atoms with van der Waals surface area (Å²) in [6, 6.07) is 16.5. The highest BCUT2D eigenvalue weighted by atomic mass is 79.9. The third-order valence-electron chi connectivity index (χ3n) is 2.37. The molecule has 0 aromatic heterocycles. The molecule has 0 heterocycles. The SMILES string of the molecule is COc1c(Br)cccc1SCc1ccccc1. The van der Waals surface area contributed by atoms with Crippen LogP contribution in [0.1, 0.15) is 5.56 Å². The maximum atomic E-state index is 5.40. The van der Waals surface area contributed by atoms with Crippen LogP contribution in [-0.4, -0.2) is 7.11 Å². The first kappa shape index (κ1) is 12.5. The predicted molar refractivity (Wildman–Crippen MR) is 76.7 cm³/mol. The summed E-state index contributed by atoms with van der Waals surface area (Å²) in [7, 11) is 1.70. The second kappa shape index (κ2) is 6.12. The molecule has 0 saturated heterocycles. The van der Waals surface area contributed by atoms with E-state index in [4.69, 9.17) is 4.74 Å². The quantitative estimate of drug-likeness (QED) is 0.754. The molecule has 1 nitrogen and oxygen atoms in total. The smallest absolute Gasteiger partial charge is 0.146 e. The van der Waals surface area contributed by atoms with E-state index < -0.39 is 0 Å². The van der Waals surface area contributed by atoms with Crippen LogP contribution in [0.4, 0.5) is 0 Å². The largest absolute Gasteiger partial charge is 0.494 e. The number of methoxy groups -OCH3 is 1. The summed E-state index contributed by atoms with van der Waals surface area (Å²) in [6.45, 7) is 0. The Labute approximate surface area is 114 Å². The molecule has 0 spiro atoms. The van der Waals surface area contributed by atoms with Gasteiger partial charge in [0.2, 0.25) is 0 Å². The van der Waals surface area contributed by atoms with Gasteiger partial charge < -0.3 is 4.74 Å². The van der Waals surface area contributed by atoms with Crippen LogP contribution in [0.15, 0.2) is 57.9 Å². The molecule has 3 heteroatoms. The Kier molecular flexibility index (Phi) is 4.51. The molecule has 0 fully saturated rings. The van der Waals surface area contributed by atoms with Crippen molar-refractivity contribution in [1.82, 2.24) is 0 Å². The topological polar surface area (TPSA) is 9.23 Å². The number of rotatable bonds is 4. The molecule has 0 radical (unpaired) electrons. The second-order valence-electron chi connectivity index (χ2n) is 3.55. The number of hydrogen-bond acceptors (Lipinski definition) is 2.